The van der Waals surface area contributed by atoms with Crippen molar-refractivity contribution in [1.82, 2.24) is 9.38 Å². The molecule has 2 heterocycles. The normalized spacial score (nSPS) is 11.0. The van der Waals surface area contributed by atoms with Crippen LogP contribution in [0.15, 0.2) is 60.1 Å². The van der Waals surface area contributed by atoms with Crippen LogP contribution in [0.1, 0.15) is 0 Å². The van der Waals surface area contributed by atoms with Gasteiger partial charge in [-0.2, -0.15) is 0 Å². The Kier molecular flexibility index (Phi) is 3.28. The van der Waals surface area contributed by atoms with Crippen molar-refractivity contribution in [2.24, 2.45) is 0 Å². The third-order valence-electron chi connectivity index (χ3n) is 3.78. The van der Waals surface area contributed by atoms with Gasteiger partial charge in [-0.1, -0.05) is 24.3 Å². The zero-order valence-electron chi connectivity index (χ0n) is 12.6. The number of nitrogens with two attached hydrogens (primary N) is 1. The summed E-state index contributed by atoms with van der Waals surface area (Å²) < 4.78 is 7.43. The SMILES string of the molecule is COc1cccc(-c2csc3nc(-c4ccc(N)cc4)cn23)c1. The number of nitrogens with zero attached hydrogens (tertiary/aromatic N) is 2. The molecule has 23 heavy (non-hydrogen) atoms. The van der Waals surface area contributed by atoms with Crippen LogP contribution in [-0.4, -0.2) is 16.5 Å². The van der Waals surface area contributed by atoms with E-state index in [-0.39, 0.29) is 0 Å². The van der Waals surface area contributed by atoms with Crippen LogP contribution in [-0.2, 0) is 0 Å². The maximum absolute atomic E-state index is 5.75. The smallest absolute Gasteiger partial charge is 0.194 e. The molecule has 0 aliphatic heterocycles. The van der Waals surface area contributed by atoms with Crippen molar-refractivity contribution in [1.29, 1.82) is 0 Å². The molecule has 0 aliphatic carbocycles. The summed E-state index contributed by atoms with van der Waals surface area (Å²) in [5, 5.41) is 2.11. The summed E-state index contributed by atoms with van der Waals surface area (Å²) in [6.45, 7) is 0. The number of hydrogen-bond acceptors (Lipinski definition) is 4. The van der Waals surface area contributed by atoms with E-state index in [1.165, 1.54) is 0 Å². The third-order valence-corrected chi connectivity index (χ3v) is 4.62. The molecule has 0 saturated carbocycles. The summed E-state index contributed by atoms with van der Waals surface area (Å²) in [6, 6.07) is 15.8. The highest BCUT2D eigenvalue weighted by molar-refractivity contribution is 7.15. The number of hydrogen-bond donors (Lipinski definition) is 1. The summed E-state index contributed by atoms with van der Waals surface area (Å²) in [7, 11) is 1.68. The number of fused-ring (bicyclic) bond motifs is 1. The lowest BCUT2D eigenvalue weighted by Crippen LogP contribution is -1.86. The van der Waals surface area contributed by atoms with E-state index >= 15 is 0 Å². The van der Waals surface area contributed by atoms with Crippen molar-refractivity contribution in [3.05, 3.63) is 60.1 Å². The maximum atomic E-state index is 5.75. The van der Waals surface area contributed by atoms with Crippen LogP contribution < -0.4 is 10.5 Å². The van der Waals surface area contributed by atoms with Crippen LogP contribution >= 0.6 is 11.3 Å². The van der Waals surface area contributed by atoms with Gasteiger partial charge >= 0.3 is 0 Å². The van der Waals surface area contributed by atoms with Gasteiger partial charge in [-0.05, 0) is 24.3 Å². The Hall–Kier alpha value is -2.79. The summed E-state index contributed by atoms with van der Waals surface area (Å²) in [5.74, 6) is 0.848. The molecule has 2 aromatic carbocycles. The molecule has 4 nitrogen and oxygen atoms in total. The molecule has 0 amide bonds. The highest BCUT2D eigenvalue weighted by Crippen LogP contribution is 2.31. The topological polar surface area (TPSA) is 52.5 Å². The number of ether oxygens (including phenoxy) is 1. The Morgan fingerprint density at radius 2 is 1.91 bits per heavy atom. The van der Waals surface area contributed by atoms with Gasteiger partial charge in [0.05, 0.1) is 18.5 Å². The van der Waals surface area contributed by atoms with E-state index < -0.39 is 0 Å². The molecule has 114 valence electrons. The van der Waals surface area contributed by atoms with Gasteiger partial charge in [-0.15, -0.1) is 11.3 Å². The number of benzene rings is 2. The molecule has 5 heteroatoms. The summed E-state index contributed by atoms with van der Waals surface area (Å²) >= 11 is 1.63. The van der Waals surface area contributed by atoms with Crippen LogP contribution in [0.25, 0.3) is 27.5 Å². The minimum Gasteiger partial charge on any atom is -0.497 e. The zero-order valence-corrected chi connectivity index (χ0v) is 13.4. The van der Waals surface area contributed by atoms with Crippen LogP contribution in [0, 0.1) is 0 Å². The first kappa shape index (κ1) is 13.8. The van der Waals surface area contributed by atoms with Crippen LogP contribution in [0.3, 0.4) is 0 Å². The molecule has 2 N–H and O–H groups in total. The Labute approximate surface area is 137 Å². The van der Waals surface area contributed by atoms with Crippen LogP contribution in [0.4, 0.5) is 5.69 Å². The van der Waals surface area contributed by atoms with Gasteiger partial charge in [0.1, 0.15) is 5.75 Å². The number of nitrogen functional groups attached to an aromatic ring is 1. The number of aromatic nitrogens is 2. The molecular weight excluding hydrogens is 306 g/mol. The molecule has 0 saturated heterocycles. The van der Waals surface area contributed by atoms with Gasteiger partial charge in [0.15, 0.2) is 4.96 Å². The van der Waals surface area contributed by atoms with Gasteiger partial charge in [0.25, 0.3) is 0 Å². The predicted molar refractivity (Wildman–Crippen MR) is 94.9 cm³/mol. The average Bonchev–Trinajstić information content (AvgIpc) is 3.16. The highest BCUT2D eigenvalue weighted by atomic mass is 32.1. The van der Waals surface area contributed by atoms with Gasteiger partial charge in [-0.3, -0.25) is 4.40 Å². The van der Waals surface area contributed by atoms with E-state index in [1.54, 1.807) is 18.4 Å². The zero-order chi connectivity index (χ0) is 15.8. The lowest BCUT2D eigenvalue weighted by Gasteiger charge is -2.03. The lowest BCUT2D eigenvalue weighted by atomic mass is 10.1. The van der Waals surface area contributed by atoms with Crippen molar-refractivity contribution in [3.8, 4) is 28.3 Å². The molecule has 0 unspecified atom stereocenters. The van der Waals surface area contributed by atoms with Gasteiger partial charge in [0, 0.05) is 28.4 Å². The van der Waals surface area contributed by atoms with E-state index in [9.17, 15) is 0 Å². The molecule has 2 aromatic heterocycles. The fourth-order valence-electron chi connectivity index (χ4n) is 2.57. The van der Waals surface area contributed by atoms with Gasteiger partial charge in [-0.25, -0.2) is 4.98 Å². The summed E-state index contributed by atoms with van der Waals surface area (Å²) in [5.41, 5.74) is 10.7. The standard InChI is InChI=1S/C18H15N3OS/c1-22-15-4-2-3-13(9-15)17-11-23-18-20-16(10-21(17)18)12-5-7-14(19)8-6-12/h2-11H,19H2,1H3. The fourth-order valence-corrected chi connectivity index (χ4v) is 3.45. The quantitative estimate of drug-likeness (QED) is 0.572. The Morgan fingerprint density at radius 1 is 1.09 bits per heavy atom. The van der Waals surface area contributed by atoms with E-state index in [1.807, 2.05) is 42.5 Å². The third kappa shape index (κ3) is 2.45. The van der Waals surface area contributed by atoms with Gasteiger partial charge < -0.3 is 10.5 Å². The van der Waals surface area contributed by atoms with E-state index in [0.29, 0.717) is 0 Å². The summed E-state index contributed by atoms with van der Waals surface area (Å²) in [6.07, 6.45) is 2.06. The van der Waals surface area contributed by atoms with E-state index in [4.69, 9.17) is 15.5 Å². The molecule has 4 aromatic rings. The lowest BCUT2D eigenvalue weighted by molar-refractivity contribution is 0.415. The molecule has 0 spiro atoms. The van der Waals surface area contributed by atoms with Crippen molar-refractivity contribution in [3.63, 3.8) is 0 Å². The van der Waals surface area contributed by atoms with Crippen molar-refractivity contribution in [2.45, 2.75) is 0 Å². The predicted octanol–water partition coefficient (Wildman–Crippen LogP) is 4.32. The highest BCUT2D eigenvalue weighted by Gasteiger charge is 2.11. The first-order valence-corrected chi connectivity index (χ1v) is 8.09. The Balaban J connectivity index is 1.81. The number of imidazole rings is 1. The number of thiazole rings is 1. The summed E-state index contributed by atoms with van der Waals surface area (Å²) in [4.78, 5) is 5.68. The number of methoxy groups -OCH3 is 1. The fraction of sp³-hybridized carbons (Fsp3) is 0.0556. The molecule has 0 fully saturated rings. The van der Waals surface area contributed by atoms with E-state index in [0.717, 1.165) is 38.9 Å². The second-order valence-electron chi connectivity index (χ2n) is 5.25. The van der Waals surface area contributed by atoms with Gasteiger partial charge in [0.2, 0.25) is 0 Å². The molecule has 0 atom stereocenters. The van der Waals surface area contributed by atoms with Crippen molar-refractivity contribution < 1.29 is 4.74 Å². The Morgan fingerprint density at radius 3 is 2.70 bits per heavy atom. The van der Waals surface area contributed by atoms with Crippen molar-refractivity contribution in [2.75, 3.05) is 12.8 Å². The number of anilines is 1. The molecule has 0 radical (unpaired) electrons. The molecular formula is C18H15N3OS. The number of rotatable bonds is 3. The van der Waals surface area contributed by atoms with Crippen molar-refractivity contribution >= 4 is 22.0 Å². The first-order chi connectivity index (χ1) is 11.2. The van der Waals surface area contributed by atoms with Crippen LogP contribution in [0.2, 0.25) is 0 Å². The first-order valence-electron chi connectivity index (χ1n) is 7.21. The average molecular weight is 321 g/mol. The van der Waals surface area contributed by atoms with Crippen LogP contribution in [0.5, 0.6) is 5.75 Å². The maximum Gasteiger partial charge on any atom is 0.194 e. The molecule has 4 rings (SSSR count). The van der Waals surface area contributed by atoms with E-state index in [2.05, 4.69) is 22.0 Å². The second kappa shape index (κ2) is 5.44. The Bertz CT molecular complexity index is 970. The minimum atomic E-state index is 0.756. The molecule has 0 aliphatic rings. The monoisotopic (exact) mass is 321 g/mol. The minimum absolute atomic E-state index is 0.756. The molecule has 0 bridgehead atoms. The second-order valence-corrected chi connectivity index (χ2v) is 6.09. The largest absolute Gasteiger partial charge is 0.497 e.